The van der Waals surface area contributed by atoms with Gasteiger partial charge in [-0.1, -0.05) is 24.2 Å². The molecule has 0 aromatic rings. The fraction of sp³-hybridized carbons (Fsp3) is 0.400. The molecule has 11 heavy (non-hydrogen) atoms. The molecule has 0 aromatic heterocycles. The van der Waals surface area contributed by atoms with Crippen molar-refractivity contribution in [3.05, 3.63) is 37.6 Å². The van der Waals surface area contributed by atoms with Gasteiger partial charge in [0.15, 0.2) is 0 Å². The Morgan fingerprint density at radius 1 is 0.909 bits per heavy atom. The highest BCUT2D eigenvalue weighted by Gasteiger charge is 2.02. The van der Waals surface area contributed by atoms with Gasteiger partial charge in [0.05, 0.1) is 8.80 Å². The van der Waals surface area contributed by atoms with Crippen LogP contribution < -0.4 is 0 Å². The minimum Gasteiger partial charge on any atom is -0.107 e. The first-order chi connectivity index (χ1) is 5.35. The Labute approximate surface area is 71.9 Å². The van der Waals surface area contributed by atoms with Gasteiger partial charge < -0.3 is 0 Å². The molecule has 0 atom stereocenters. The number of hydrogen-bond acceptors (Lipinski definition) is 0. The predicted molar refractivity (Wildman–Crippen MR) is 56.6 cm³/mol. The molecule has 0 aliphatic carbocycles. The van der Waals surface area contributed by atoms with Crippen molar-refractivity contribution >= 4 is 8.80 Å². The van der Waals surface area contributed by atoms with Crippen molar-refractivity contribution in [1.82, 2.24) is 0 Å². The molecule has 0 amide bonds. The normalized spacial score (nSPS) is 9.55. The van der Waals surface area contributed by atoms with Crippen molar-refractivity contribution in [2.24, 2.45) is 0 Å². The fourth-order valence-electron chi connectivity index (χ4n) is 1.04. The monoisotopic (exact) mass is 166 g/mol. The summed E-state index contributed by atoms with van der Waals surface area (Å²) in [6.45, 7) is 11.3. The van der Waals surface area contributed by atoms with Crippen LogP contribution in [-0.4, -0.2) is 8.80 Å². The lowest BCUT2D eigenvalue weighted by molar-refractivity contribution is 1.13. The minimum absolute atomic E-state index is 0.627. The summed E-state index contributed by atoms with van der Waals surface area (Å²) < 4.78 is 0. The molecule has 0 rings (SSSR count). The highest BCUT2D eigenvalue weighted by molar-refractivity contribution is 6.64. The largest absolute Gasteiger partial charge is 0.107 e. The van der Waals surface area contributed by atoms with Crippen molar-refractivity contribution in [3.8, 4) is 0 Å². The van der Waals surface area contributed by atoms with Crippen molar-refractivity contribution in [2.45, 2.75) is 24.9 Å². The van der Waals surface area contributed by atoms with E-state index in [1.165, 1.54) is 12.1 Å². The Hall–Kier alpha value is -0.563. The second-order valence-corrected chi connectivity index (χ2v) is 5.87. The van der Waals surface area contributed by atoms with E-state index >= 15 is 0 Å². The summed E-state index contributed by atoms with van der Waals surface area (Å²) in [5.41, 5.74) is 2.17. The number of hydrogen-bond donors (Lipinski definition) is 0. The van der Waals surface area contributed by atoms with Crippen molar-refractivity contribution in [1.29, 1.82) is 0 Å². The molecular weight excluding hydrogens is 148 g/mol. The van der Waals surface area contributed by atoms with Gasteiger partial charge in [-0.15, -0.1) is 25.4 Å². The van der Waals surface area contributed by atoms with E-state index in [0.717, 1.165) is 12.8 Å². The van der Waals surface area contributed by atoms with Crippen molar-refractivity contribution in [2.75, 3.05) is 0 Å². The summed E-state index contributed by atoms with van der Waals surface area (Å²) in [6, 6.07) is 2.64. The van der Waals surface area contributed by atoms with Gasteiger partial charge in [0, 0.05) is 0 Å². The van der Waals surface area contributed by atoms with Gasteiger partial charge in [0.25, 0.3) is 0 Å². The fourth-order valence-corrected chi connectivity index (χ4v) is 3.13. The van der Waals surface area contributed by atoms with Crippen LogP contribution >= 0.6 is 0 Å². The lowest BCUT2D eigenvalue weighted by atomic mass is 10.5. The van der Waals surface area contributed by atoms with Crippen LogP contribution in [0.1, 0.15) is 12.8 Å². The molecule has 0 saturated carbocycles. The molecule has 0 aliphatic heterocycles. The van der Waals surface area contributed by atoms with Gasteiger partial charge in [-0.25, -0.2) is 0 Å². The van der Waals surface area contributed by atoms with Crippen LogP contribution in [0, 0.1) is 0 Å². The first kappa shape index (κ1) is 10.4. The van der Waals surface area contributed by atoms with Gasteiger partial charge in [0.2, 0.25) is 0 Å². The van der Waals surface area contributed by atoms with E-state index in [1.807, 2.05) is 12.2 Å². The van der Waals surface area contributed by atoms with Crippen LogP contribution in [0.3, 0.4) is 0 Å². The standard InChI is InChI=1S/C10H18Si/c1-4-7-9-11(6-3)10-8-5-2/h4-6,11H,1-3,7-10H2. The molecule has 0 aliphatic rings. The third-order valence-electron chi connectivity index (χ3n) is 1.82. The Kier molecular flexibility index (Phi) is 7.16. The molecule has 1 heteroatoms. The van der Waals surface area contributed by atoms with E-state index < -0.39 is 8.80 Å². The van der Waals surface area contributed by atoms with Gasteiger partial charge in [0.1, 0.15) is 0 Å². The maximum Gasteiger partial charge on any atom is 0.0613 e. The second kappa shape index (κ2) is 7.54. The first-order valence-corrected chi connectivity index (χ1v) is 6.49. The number of rotatable bonds is 7. The SMILES string of the molecule is C=CCC[SiH](C=C)CCC=C. The Morgan fingerprint density at radius 3 is 1.64 bits per heavy atom. The van der Waals surface area contributed by atoms with Crippen LogP contribution in [-0.2, 0) is 0 Å². The molecule has 0 heterocycles. The smallest absolute Gasteiger partial charge is 0.0613 e. The van der Waals surface area contributed by atoms with Crippen LogP contribution in [0.4, 0.5) is 0 Å². The third kappa shape index (κ3) is 5.86. The van der Waals surface area contributed by atoms with E-state index in [2.05, 4.69) is 25.4 Å². The van der Waals surface area contributed by atoms with Gasteiger partial charge >= 0.3 is 0 Å². The summed E-state index contributed by atoms with van der Waals surface area (Å²) >= 11 is 0. The Morgan fingerprint density at radius 2 is 1.36 bits per heavy atom. The molecule has 0 N–H and O–H groups in total. The molecule has 0 bridgehead atoms. The summed E-state index contributed by atoms with van der Waals surface area (Å²) in [5.74, 6) is 0. The van der Waals surface area contributed by atoms with Crippen molar-refractivity contribution < 1.29 is 0 Å². The summed E-state index contributed by atoms with van der Waals surface area (Å²) in [5, 5.41) is 0. The zero-order chi connectivity index (χ0) is 8.53. The molecule has 62 valence electrons. The highest BCUT2D eigenvalue weighted by atomic mass is 28.3. The topological polar surface area (TPSA) is 0 Å². The maximum absolute atomic E-state index is 3.86. The molecule has 0 aromatic carbocycles. The van der Waals surface area contributed by atoms with Gasteiger partial charge in [-0.2, -0.15) is 0 Å². The molecule has 0 radical (unpaired) electrons. The summed E-state index contributed by atoms with van der Waals surface area (Å²) in [4.78, 5) is 0. The Balaban J connectivity index is 3.47. The average Bonchev–Trinajstić information content (AvgIpc) is 2.05. The lowest BCUT2D eigenvalue weighted by Gasteiger charge is -2.06. The van der Waals surface area contributed by atoms with Crippen LogP contribution in [0.15, 0.2) is 37.6 Å². The molecular formula is C10H18Si. The number of allylic oxidation sites excluding steroid dienone is 2. The minimum atomic E-state index is -0.627. The van der Waals surface area contributed by atoms with Gasteiger partial charge in [-0.3, -0.25) is 0 Å². The summed E-state index contributed by atoms with van der Waals surface area (Å²) in [7, 11) is -0.627. The predicted octanol–water partition coefficient (Wildman–Crippen LogP) is 3.09. The van der Waals surface area contributed by atoms with Crippen LogP contribution in [0.2, 0.25) is 12.1 Å². The third-order valence-corrected chi connectivity index (χ3v) is 4.63. The molecule has 0 saturated heterocycles. The van der Waals surface area contributed by atoms with Crippen molar-refractivity contribution in [3.63, 3.8) is 0 Å². The average molecular weight is 166 g/mol. The molecule has 0 spiro atoms. The van der Waals surface area contributed by atoms with E-state index in [4.69, 9.17) is 0 Å². The zero-order valence-electron chi connectivity index (χ0n) is 7.26. The second-order valence-electron chi connectivity index (χ2n) is 2.73. The van der Waals surface area contributed by atoms with Crippen LogP contribution in [0.5, 0.6) is 0 Å². The van der Waals surface area contributed by atoms with E-state index in [1.54, 1.807) is 0 Å². The summed E-state index contributed by atoms with van der Waals surface area (Å²) in [6.07, 6.45) is 6.30. The first-order valence-electron chi connectivity index (χ1n) is 4.19. The zero-order valence-corrected chi connectivity index (χ0v) is 8.41. The molecule has 0 nitrogen and oxygen atoms in total. The lowest BCUT2D eigenvalue weighted by Crippen LogP contribution is -2.06. The van der Waals surface area contributed by atoms with E-state index in [0.29, 0.717) is 0 Å². The molecule has 0 fully saturated rings. The van der Waals surface area contributed by atoms with Crippen LogP contribution in [0.25, 0.3) is 0 Å². The highest BCUT2D eigenvalue weighted by Crippen LogP contribution is 2.07. The van der Waals surface area contributed by atoms with Gasteiger partial charge in [-0.05, 0) is 12.8 Å². The quantitative estimate of drug-likeness (QED) is 0.403. The van der Waals surface area contributed by atoms with E-state index in [-0.39, 0.29) is 0 Å². The maximum atomic E-state index is 3.86. The van der Waals surface area contributed by atoms with E-state index in [9.17, 15) is 0 Å². The molecule has 0 unspecified atom stereocenters. The Bertz CT molecular complexity index is 115.